The highest BCUT2D eigenvalue weighted by Gasteiger charge is 2.31. The molecule has 2 heterocycles. The predicted octanol–water partition coefficient (Wildman–Crippen LogP) is 4.27. The van der Waals surface area contributed by atoms with Crippen LogP contribution in [0.2, 0.25) is 0 Å². The lowest BCUT2D eigenvalue weighted by molar-refractivity contribution is 0.0708. The van der Waals surface area contributed by atoms with Crippen molar-refractivity contribution in [3.63, 3.8) is 0 Å². The number of likely N-dealkylation sites (tertiary alicyclic amines) is 2. The minimum absolute atomic E-state index is 0.159. The molecule has 4 heteroatoms. The quantitative estimate of drug-likeness (QED) is 0.752. The summed E-state index contributed by atoms with van der Waals surface area (Å²) in [5, 5.41) is 0. The third-order valence-electron chi connectivity index (χ3n) is 5.93. The van der Waals surface area contributed by atoms with E-state index in [-0.39, 0.29) is 5.91 Å². The fraction of sp³-hybridized carbons (Fsp3) is 0.458. The monoisotopic (exact) mass is 378 g/mol. The van der Waals surface area contributed by atoms with Gasteiger partial charge in [-0.1, -0.05) is 29.8 Å². The average Bonchev–Trinajstić information content (AvgIpc) is 3.40. The summed E-state index contributed by atoms with van der Waals surface area (Å²) >= 11 is 0. The summed E-state index contributed by atoms with van der Waals surface area (Å²) < 4.78 is 5.87. The number of carbonyl (C=O) groups excluding carboxylic acids is 1. The van der Waals surface area contributed by atoms with Crippen LogP contribution in [0.3, 0.4) is 0 Å². The molecular formula is C24H30N2O2. The highest BCUT2D eigenvalue weighted by atomic mass is 16.5. The number of rotatable bonds is 6. The van der Waals surface area contributed by atoms with Gasteiger partial charge in [0.05, 0.1) is 0 Å². The Balaban J connectivity index is 1.34. The minimum Gasteiger partial charge on any atom is -0.489 e. The highest BCUT2D eigenvalue weighted by Crippen LogP contribution is 2.23. The van der Waals surface area contributed by atoms with E-state index in [0.717, 1.165) is 42.8 Å². The first-order chi connectivity index (χ1) is 13.7. The second-order valence-corrected chi connectivity index (χ2v) is 8.10. The maximum atomic E-state index is 13.0. The third kappa shape index (κ3) is 4.56. The molecule has 1 amide bonds. The molecular weight excluding hydrogens is 348 g/mol. The van der Waals surface area contributed by atoms with E-state index in [9.17, 15) is 4.79 Å². The van der Waals surface area contributed by atoms with Crippen LogP contribution in [0.15, 0.2) is 48.5 Å². The third-order valence-corrected chi connectivity index (χ3v) is 5.93. The zero-order valence-corrected chi connectivity index (χ0v) is 16.8. The van der Waals surface area contributed by atoms with E-state index in [4.69, 9.17) is 4.74 Å². The Morgan fingerprint density at radius 1 is 0.964 bits per heavy atom. The molecule has 0 radical (unpaired) electrons. The fourth-order valence-corrected chi connectivity index (χ4v) is 4.27. The van der Waals surface area contributed by atoms with E-state index < -0.39 is 0 Å². The molecule has 2 aliphatic rings. The van der Waals surface area contributed by atoms with Crippen molar-refractivity contribution in [3.8, 4) is 5.75 Å². The number of benzene rings is 2. The van der Waals surface area contributed by atoms with Crippen LogP contribution in [0.5, 0.6) is 5.75 Å². The number of carbonyl (C=O) groups is 1. The van der Waals surface area contributed by atoms with Gasteiger partial charge in [-0.25, -0.2) is 0 Å². The Morgan fingerprint density at radius 3 is 2.39 bits per heavy atom. The van der Waals surface area contributed by atoms with Crippen LogP contribution >= 0.6 is 0 Å². The number of ether oxygens (including phenoxy) is 1. The molecule has 2 fully saturated rings. The van der Waals surface area contributed by atoms with E-state index in [0.29, 0.717) is 12.6 Å². The largest absolute Gasteiger partial charge is 0.489 e. The second kappa shape index (κ2) is 8.78. The molecule has 1 unspecified atom stereocenters. The molecule has 0 saturated carbocycles. The zero-order valence-electron chi connectivity index (χ0n) is 16.8. The summed E-state index contributed by atoms with van der Waals surface area (Å²) in [6.45, 7) is 6.90. The Hall–Kier alpha value is -2.33. The molecule has 1 atom stereocenters. The molecule has 2 aromatic carbocycles. The van der Waals surface area contributed by atoms with E-state index in [1.165, 1.54) is 31.5 Å². The van der Waals surface area contributed by atoms with Gasteiger partial charge < -0.3 is 14.5 Å². The van der Waals surface area contributed by atoms with Crippen molar-refractivity contribution in [2.45, 2.75) is 45.3 Å². The summed E-state index contributed by atoms with van der Waals surface area (Å²) in [4.78, 5) is 17.6. The van der Waals surface area contributed by atoms with Crippen LogP contribution in [-0.2, 0) is 6.61 Å². The standard InChI is InChI=1S/C24H30N2O2/c1-19-6-8-20(9-7-19)18-28-23-12-10-21(11-13-23)24(27)26-16-4-5-22(26)17-25-14-2-3-15-25/h6-13,22H,2-5,14-18H2,1H3. The van der Waals surface area contributed by atoms with Crippen molar-refractivity contribution >= 4 is 5.91 Å². The van der Waals surface area contributed by atoms with Crippen LogP contribution in [-0.4, -0.2) is 47.9 Å². The first kappa shape index (κ1) is 19.0. The summed E-state index contributed by atoms with van der Waals surface area (Å²) in [5.41, 5.74) is 3.15. The van der Waals surface area contributed by atoms with E-state index >= 15 is 0 Å². The van der Waals surface area contributed by atoms with Crippen LogP contribution in [0.1, 0.15) is 47.2 Å². The fourth-order valence-electron chi connectivity index (χ4n) is 4.27. The van der Waals surface area contributed by atoms with Crippen LogP contribution < -0.4 is 4.74 Å². The maximum Gasteiger partial charge on any atom is 0.254 e. The summed E-state index contributed by atoms with van der Waals surface area (Å²) in [6, 6.07) is 16.3. The van der Waals surface area contributed by atoms with E-state index in [1.54, 1.807) is 0 Å². The van der Waals surface area contributed by atoms with Gasteiger partial charge in [0, 0.05) is 24.7 Å². The van der Waals surface area contributed by atoms with Gasteiger partial charge in [-0.2, -0.15) is 0 Å². The van der Waals surface area contributed by atoms with Crippen molar-refractivity contribution < 1.29 is 9.53 Å². The van der Waals surface area contributed by atoms with Crippen LogP contribution in [0.4, 0.5) is 0 Å². The van der Waals surface area contributed by atoms with Gasteiger partial charge in [-0.05, 0) is 75.5 Å². The van der Waals surface area contributed by atoms with Crippen LogP contribution in [0, 0.1) is 6.92 Å². The number of aryl methyl sites for hydroxylation is 1. The molecule has 0 N–H and O–H groups in total. The van der Waals surface area contributed by atoms with Gasteiger partial charge >= 0.3 is 0 Å². The lowest BCUT2D eigenvalue weighted by atomic mass is 10.1. The lowest BCUT2D eigenvalue weighted by Gasteiger charge is -2.28. The van der Waals surface area contributed by atoms with Crippen molar-refractivity contribution in [2.24, 2.45) is 0 Å². The highest BCUT2D eigenvalue weighted by molar-refractivity contribution is 5.94. The van der Waals surface area contributed by atoms with Gasteiger partial charge in [0.1, 0.15) is 12.4 Å². The number of amides is 1. The van der Waals surface area contributed by atoms with Crippen molar-refractivity contribution in [1.29, 1.82) is 0 Å². The lowest BCUT2D eigenvalue weighted by Crippen LogP contribution is -2.42. The molecule has 0 aromatic heterocycles. The molecule has 148 valence electrons. The summed E-state index contributed by atoms with van der Waals surface area (Å²) in [6.07, 6.45) is 4.83. The summed E-state index contributed by atoms with van der Waals surface area (Å²) in [5.74, 6) is 0.957. The first-order valence-corrected chi connectivity index (χ1v) is 10.5. The maximum absolute atomic E-state index is 13.0. The molecule has 2 aliphatic heterocycles. The van der Waals surface area contributed by atoms with Crippen molar-refractivity contribution in [2.75, 3.05) is 26.2 Å². The normalized spacial score (nSPS) is 19.9. The molecule has 4 nitrogen and oxygen atoms in total. The van der Waals surface area contributed by atoms with Crippen molar-refractivity contribution in [3.05, 3.63) is 65.2 Å². The van der Waals surface area contributed by atoms with E-state index in [1.807, 2.05) is 24.3 Å². The summed E-state index contributed by atoms with van der Waals surface area (Å²) in [7, 11) is 0. The SMILES string of the molecule is Cc1ccc(COc2ccc(C(=O)N3CCCC3CN3CCCC3)cc2)cc1. The molecule has 2 aromatic rings. The van der Waals surface area contributed by atoms with Gasteiger partial charge in [0.25, 0.3) is 5.91 Å². The van der Waals surface area contributed by atoms with E-state index in [2.05, 4.69) is 41.0 Å². The zero-order chi connectivity index (χ0) is 19.3. The number of hydrogen-bond donors (Lipinski definition) is 0. The predicted molar refractivity (Wildman–Crippen MR) is 112 cm³/mol. The van der Waals surface area contributed by atoms with Gasteiger partial charge in [-0.3, -0.25) is 4.79 Å². The molecule has 0 bridgehead atoms. The van der Waals surface area contributed by atoms with Gasteiger partial charge in [0.2, 0.25) is 0 Å². The average molecular weight is 379 g/mol. The molecule has 2 saturated heterocycles. The Morgan fingerprint density at radius 2 is 1.68 bits per heavy atom. The number of hydrogen-bond acceptors (Lipinski definition) is 3. The molecule has 0 spiro atoms. The second-order valence-electron chi connectivity index (χ2n) is 8.10. The van der Waals surface area contributed by atoms with Gasteiger partial charge in [0.15, 0.2) is 0 Å². The molecule has 0 aliphatic carbocycles. The number of nitrogens with zero attached hydrogens (tertiary/aromatic N) is 2. The Labute approximate surface area is 168 Å². The Bertz CT molecular complexity index is 779. The minimum atomic E-state index is 0.159. The molecule has 28 heavy (non-hydrogen) atoms. The smallest absolute Gasteiger partial charge is 0.254 e. The first-order valence-electron chi connectivity index (χ1n) is 10.5. The topological polar surface area (TPSA) is 32.8 Å². The molecule has 4 rings (SSSR count). The van der Waals surface area contributed by atoms with Gasteiger partial charge in [-0.15, -0.1) is 0 Å². The van der Waals surface area contributed by atoms with Crippen molar-refractivity contribution in [1.82, 2.24) is 9.80 Å². The Kier molecular flexibility index (Phi) is 5.96. The van der Waals surface area contributed by atoms with Crippen LogP contribution in [0.25, 0.3) is 0 Å².